The van der Waals surface area contributed by atoms with E-state index < -0.39 is 0 Å². The van der Waals surface area contributed by atoms with Crippen LogP contribution in [-0.4, -0.2) is 26.4 Å². The minimum Gasteiger partial charge on any atom is -0.351 e. The van der Waals surface area contributed by atoms with Gasteiger partial charge in [-0.2, -0.15) is 0 Å². The SMILES string of the molecule is Cn1c(SCC(=O)NCc2ccccc2)nnc1-c1ccc(Br)cc1. The van der Waals surface area contributed by atoms with Crippen molar-refractivity contribution in [3.63, 3.8) is 0 Å². The number of amides is 1. The number of nitrogens with zero attached hydrogens (tertiary/aromatic N) is 3. The molecule has 1 N–H and O–H groups in total. The van der Waals surface area contributed by atoms with Gasteiger partial charge in [0.05, 0.1) is 5.75 Å². The van der Waals surface area contributed by atoms with Gasteiger partial charge >= 0.3 is 0 Å². The Morgan fingerprint density at radius 3 is 2.56 bits per heavy atom. The molecule has 0 saturated carbocycles. The Morgan fingerprint density at radius 2 is 1.84 bits per heavy atom. The summed E-state index contributed by atoms with van der Waals surface area (Å²) in [7, 11) is 1.90. The number of halogens is 1. The second-order valence-corrected chi connectivity index (χ2v) is 7.28. The number of nitrogens with one attached hydrogen (secondary N) is 1. The van der Waals surface area contributed by atoms with Crippen molar-refractivity contribution in [1.29, 1.82) is 0 Å². The maximum Gasteiger partial charge on any atom is 0.230 e. The van der Waals surface area contributed by atoms with E-state index in [9.17, 15) is 4.79 Å². The average molecular weight is 417 g/mol. The second-order valence-electron chi connectivity index (χ2n) is 5.42. The number of rotatable bonds is 6. The first-order valence-electron chi connectivity index (χ1n) is 7.72. The quantitative estimate of drug-likeness (QED) is 0.622. The Bertz CT molecular complexity index is 849. The molecule has 1 heterocycles. The van der Waals surface area contributed by atoms with Gasteiger partial charge in [-0.3, -0.25) is 4.79 Å². The predicted octanol–water partition coefficient (Wildman–Crippen LogP) is 3.65. The first-order valence-corrected chi connectivity index (χ1v) is 9.50. The first-order chi connectivity index (χ1) is 12.1. The Kier molecular flexibility index (Phi) is 5.88. The van der Waals surface area contributed by atoms with Gasteiger partial charge in [-0.05, 0) is 17.7 Å². The highest BCUT2D eigenvalue weighted by Gasteiger charge is 2.12. The zero-order chi connectivity index (χ0) is 17.6. The molecule has 128 valence electrons. The molecule has 0 radical (unpaired) electrons. The maximum absolute atomic E-state index is 12.0. The van der Waals surface area contributed by atoms with Crippen molar-refractivity contribution < 1.29 is 4.79 Å². The largest absolute Gasteiger partial charge is 0.351 e. The molecule has 1 aromatic heterocycles. The van der Waals surface area contributed by atoms with Crippen molar-refractivity contribution in [3.8, 4) is 11.4 Å². The van der Waals surface area contributed by atoms with E-state index in [4.69, 9.17) is 0 Å². The molecule has 0 spiro atoms. The standard InChI is InChI=1S/C18H17BrN4OS/c1-23-17(14-7-9-15(19)10-8-14)21-22-18(23)25-12-16(24)20-11-13-5-3-2-4-6-13/h2-10H,11-12H2,1H3,(H,20,24). The highest BCUT2D eigenvalue weighted by molar-refractivity contribution is 9.10. The molecule has 3 rings (SSSR count). The summed E-state index contributed by atoms with van der Waals surface area (Å²) in [6.07, 6.45) is 0. The molecule has 5 nitrogen and oxygen atoms in total. The third-order valence-electron chi connectivity index (χ3n) is 3.60. The molecule has 1 amide bonds. The van der Waals surface area contributed by atoms with E-state index in [0.29, 0.717) is 17.5 Å². The molecule has 0 aliphatic heterocycles. The summed E-state index contributed by atoms with van der Waals surface area (Å²) < 4.78 is 2.92. The zero-order valence-electron chi connectivity index (χ0n) is 13.6. The van der Waals surface area contributed by atoms with E-state index in [2.05, 4.69) is 31.4 Å². The Balaban J connectivity index is 1.56. The van der Waals surface area contributed by atoms with E-state index in [0.717, 1.165) is 21.4 Å². The number of carbonyl (C=O) groups excluding carboxylic acids is 1. The summed E-state index contributed by atoms with van der Waals surface area (Å²) in [4.78, 5) is 12.0. The summed E-state index contributed by atoms with van der Waals surface area (Å²) in [5.41, 5.74) is 2.07. The number of hydrogen-bond acceptors (Lipinski definition) is 4. The summed E-state index contributed by atoms with van der Waals surface area (Å²) in [6.45, 7) is 0.531. The number of carbonyl (C=O) groups is 1. The lowest BCUT2D eigenvalue weighted by atomic mass is 10.2. The molecule has 0 atom stereocenters. The lowest BCUT2D eigenvalue weighted by Gasteiger charge is -2.06. The zero-order valence-corrected chi connectivity index (χ0v) is 16.0. The van der Waals surface area contributed by atoms with Crippen LogP contribution in [0, 0.1) is 0 Å². The van der Waals surface area contributed by atoms with Crippen molar-refractivity contribution in [2.75, 3.05) is 5.75 Å². The molecular formula is C18H17BrN4OS. The molecule has 0 unspecified atom stereocenters. The van der Waals surface area contributed by atoms with E-state index >= 15 is 0 Å². The molecule has 0 fully saturated rings. The Hall–Kier alpha value is -2.12. The van der Waals surface area contributed by atoms with Crippen LogP contribution in [0.3, 0.4) is 0 Å². The van der Waals surface area contributed by atoms with Gasteiger partial charge in [-0.25, -0.2) is 0 Å². The van der Waals surface area contributed by atoms with Gasteiger partial charge in [0.15, 0.2) is 11.0 Å². The Morgan fingerprint density at radius 1 is 1.12 bits per heavy atom. The van der Waals surface area contributed by atoms with Crippen LogP contribution in [0.25, 0.3) is 11.4 Å². The van der Waals surface area contributed by atoms with Crippen LogP contribution in [0.5, 0.6) is 0 Å². The number of aromatic nitrogens is 3. The van der Waals surface area contributed by atoms with Crippen LogP contribution in [0.1, 0.15) is 5.56 Å². The fraction of sp³-hybridized carbons (Fsp3) is 0.167. The fourth-order valence-corrected chi connectivity index (χ4v) is 3.27. The maximum atomic E-state index is 12.0. The molecule has 7 heteroatoms. The highest BCUT2D eigenvalue weighted by Crippen LogP contribution is 2.23. The van der Waals surface area contributed by atoms with Crippen molar-refractivity contribution >= 4 is 33.6 Å². The van der Waals surface area contributed by atoms with Gasteiger partial charge in [-0.15, -0.1) is 10.2 Å². The highest BCUT2D eigenvalue weighted by atomic mass is 79.9. The molecule has 2 aromatic carbocycles. The van der Waals surface area contributed by atoms with Crippen LogP contribution in [0.2, 0.25) is 0 Å². The van der Waals surface area contributed by atoms with Gasteiger partial charge in [0.25, 0.3) is 0 Å². The fourth-order valence-electron chi connectivity index (χ4n) is 2.27. The minimum absolute atomic E-state index is 0.0259. The van der Waals surface area contributed by atoms with Gasteiger partial charge in [0.1, 0.15) is 0 Å². The lowest BCUT2D eigenvalue weighted by molar-refractivity contribution is -0.118. The third-order valence-corrected chi connectivity index (χ3v) is 5.15. The normalized spacial score (nSPS) is 10.6. The van der Waals surface area contributed by atoms with E-state index in [1.54, 1.807) is 0 Å². The number of benzene rings is 2. The van der Waals surface area contributed by atoms with Crippen LogP contribution < -0.4 is 5.32 Å². The summed E-state index contributed by atoms with van der Waals surface area (Å²) >= 11 is 4.80. The smallest absolute Gasteiger partial charge is 0.230 e. The molecule has 0 aliphatic rings. The van der Waals surface area contributed by atoms with Crippen LogP contribution in [0.4, 0.5) is 0 Å². The molecule has 0 saturated heterocycles. The average Bonchev–Trinajstić information content (AvgIpc) is 3.00. The molecule has 25 heavy (non-hydrogen) atoms. The molecular weight excluding hydrogens is 400 g/mol. The van der Waals surface area contributed by atoms with Gasteiger partial charge in [0, 0.05) is 23.6 Å². The predicted molar refractivity (Wildman–Crippen MR) is 103 cm³/mol. The van der Waals surface area contributed by atoms with E-state index in [1.807, 2.05) is 66.2 Å². The number of hydrogen-bond donors (Lipinski definition) is 1. The van der Waals surface area contributed by atoms with Gasteiger partial charge in [0.2, 0.25) is 5.91 Å². The third kappa shape index (κ3) is 4.70. The van der Waals surface area contributed by atoms with Crippen LogP contribution in [-0.2, 0) is 18.4 Å². The van der Waals surface area contributed by atoms with Crippen molar-refractivity contribution in [2.45, 2.75) is 11.7 Å². The monoisotopic (exact) mass is 416 g/mol. The topological polar surface area (TPSA) is 59.8 Å². The molecule has 0 aliphatic carbocycles. The van der Waals surface area contributed by atoms with Crippen LogP contribution in [0.15, 0.2) is 64.2 Å². The van der Waals surface area contributed by atoms with Crippen molar-refractivity contribution in [3.05, 3.63) is 64.6 Å². The van der Waals surface area contributed by atoms with E-state index in [1.165, 1.54) is 11.8 Å². The molecule has 3 aromatic rings. The van der Waals surface area contributed by atoms with Crippen molar-refractivity contribution in [2.24, 2.45) is 7.05 Å². The Labute approximate surface area is 159 Å². The summed E-state index contributed by atoms with van der Waals surface area (Å²) in [5, 5.41) is 12.0. The van der Waals surface area contributed by atoms with Gasteiger partial charge in [-0.1, -0.05) is 70.2 Å². The van der Waals surface area contributed by atoms with Crippen LogP contribution >= 0.6 is 27.7 Å². The van der Waals surface area contributed by atoms with Crippen molar-refractivity contribution in [1.82, 2.24) is 20.1 Å². The second kappa shape index (κ2) is 8.31. The number of thioether (sulfide) groups is 1. The summed E-state index contributed by atoms with van der Waals surface area (Å²) in [5.74, 6) is 1.06. The first kappa shape index (κ1) is 17.7. The van der Waals surface area contributed by atoms with E-state index in [-0.39, 0.29) is 5.91 Å². The summed E-state index contributed by atoms with van der Waals surface area (Å²) in [6, 6.07) is 17.7. The van der Waals surface area contributed by atoms with Gasteiger partial charge < -0.3 is 9.88 Å². The minimum atomic E-state index is -0.0259. The molecule has 0 bridgehead atoms. The lowest BCUT2D eigenvalue weighted by Crippen LogP contribution is -2.24.